The van der Waals surface area contributed by atoms with Crippen LogP contribution < -0.4 is 10.1 Å². The number of aromatic nitrogens is 2. The van der Waals surface area contributed by atoms with Crippen molar-refractivity contribution in [2.75, 3.05) is 44.3 Å². The van der Waals surface area contributed by atoms with Gasteiger partial charge in [-0.05, 0) is 43.0 Å². The minimum atomic E-state index is -0.358. The summed E-state index contributed by atoms with van der Waals surface area (Å²) in [5.74, 6) is 1.59. The number of anilines is 2. The summed E-state index contributed by atoms with van der Waals surface area (Å²) in [5, 5.41) is 4.20. The number of nitrogens with zero attached hydrogens (tertiary/aromatic N) is 3. The van der Waals surface area contributed by atoms with Crippen LogP contribution in [-0.2, 0) is 20.2 Å². The van der Waals surface area contributed by atoms with Gasteiger partial charge in [0.25, 0.3) is 0 Å². The van der Waals surface area contributed by atoms with Gasteiger partial charge in [-0.1, -0.05) is 10.7 Å². The van der Waals surface area contributed by atoms with Crippen molar-refractivity contribution in [3.8, 4) is 5.75 Å². The van der Waals surface area contributed by atoms with E-state index in [0.29, 0.717) is 37.1 Å². The topological polar surface area (TPSA) is 77.9 Å². The fraction of sp³-hybridized carbons (Fsp3) is 0.391. The van der Waals surface area contributed by atoms with Crippen LogP contribution in [0.25, 0.3) is 10.9 Å². The molecule has 0 spiro atoms. The fourth-order valence-corrected chi connectivity index (χ4v) is 4.52. The van der Waals surface area contributed by atoms with Gasteiger partial charge in [0, 0.05) is 30.7 Å². The Bertz CT molecular complexity index is 1140. The highest BCUT2D eigenvalue weighted by Crippen LogP contribution is 2.34. The zero-order chi connectivity index (χ0) is 22.5. The minimum absolute atomic E-state index is 0.0914. The second kappa shape index (κ2) is 10.3. The van der Waals surface area contributed by atoms with E-state index < -0.39 is 0 Å². The molecular formula is C23H27FN4O3S. The van der Waals surface area contributed by atoms with Crippen LogP contribution in [0.4, 0.5) is 21.6 Å². The summed E-state index contributed by atoms with van der Waals surface area (Å²) in [6, 6.07) is 8.44. The molecule has 1 saturated heterocycles. The van der Waals surface area contributed by atoms with Gasteiger partial charge in [-0.15, -0.1) is 0 Å². The third-order valence-corrected chi connectivity index (χ3v) is 6.42. The second-order valence-electron chi connectivity index (χ2n) is 7.64. The molecular weight excluding hydrogens is 431 g/mol. The normalized spacial score (nSPS) is 17.1. The fourth-order valence-electron chi connectivity index (χ4n) is 3.56. The third-order valence-electron chi connectivity index (χ3n) is 5.14. The highest BCUT2D eigenvalue weighted by Gasteiger charge is 2.20. The molecule has 170 valence electrons. The van der Waals surface area contributed by atoms with Crippen molar-refractivity contribution >= 4 is 38.8 Å². The minimum Gasteiger partial charge on any atom is -0.486 e. The predicted octanol–water partition coefficient (Wildman–Crippen LogP) is 4.70. The van der Waals surface area contributed by atoms with Crippen LogP contribution in [0.5, 0.6) is 5.75 Å². The largest absolute Gasteiger partial charge is 0.486 e. The van der Waals surface area contributed by atoms with E-state index in [1.165, 1.54) is 18.5 Å². The molecule has 0 bridgehead atoms. The molecule has 1 aromatic heterocycles. The Kier molecular flexibility index (Phi) is 7.29. The summed E-state index contributed by atoms with van der Waals surface area (Å²) in [6.07, 6.45) is 4.30. The van der Waals surface area contributed by atoms with Gasteiger partial charge in [0.15, 0.2) is 0 Å². The molecule has 0 aliphatic carbocycles. The molecule has 1 unspecified atom stereocenters. The molecule has 3 aromatic rings. The maximum atomic E-state index is 13.9. The summed E-state index contributed by atoms with van der Waals surface area (Å²) in [6.45, 7) is 3.84. The lowest BCUT2D eigenvalue weighted by Crippen LogP contribution is -2.16. The molecule has 2 heterocycles. The first kappa shape index (κ1) is 22.6. The molecule has 0 radical (unpaired) electrons. The highest BCUT2D eigenvalue weighted by atomic mass is 32.2. The number of benzene rings is 2. The smallest absolute Gasteiger partial charge is 0.146 e. The molecule has 1 N–H and O–H groups in total. The van der Waals surface area contributed by atoms with Gasteiger partial charge >= 0.3 is 0 Å². The van der Waals surface area contributed by atoms with E-state index in [1.54, 1.807) is 13.2 Å². The standard InChI is InChI=1S/C23H27FN4O3S/c1-15-10-17(28-32(3)9-8-29-2)12-20-22(15)23(26-14-25-20)27-19-5-4-16(24)11-21(19)31-18-6-7-30-13-18/h4-5,10-12,14,18H,6-9,13H2,1-3H3,(H,25,26,27)/t18-,32?/m0/s1. The predicted molar refractivity (Wildman–Crippen MR) is 126 cm³/mol. The van der Waals surface area contributed by atoms with Crippen LogP contribution in [-0.4, -0.2) is 55.0 Å². The van der Waals surface area contributed by atoms with Crippen molar-refractivity contribution < 1.29 is 18.6 Å². The van der Waals surface area contributed by atoms with Crippen LogP contribution in [0, 0.1) is 12.7 Å². The molecule has 2 atom stereocenters. The van der Waals surface area contributed by atoms with E-state index in [9.17, 15) is 4.39 Å². The van der Waals surface area contributed by atoms with Gasteiger partial charge < -0.3 is 19.5 Å². The lowest BCUT2D eigenvalue weighted by molar-refractivity contribution is 0.141. The summed E-state index contributed by atoms with van der Waals surface area (Å²) in [4.78, 5) is 8.90. The first-order valence-corrected chi connectivity index (χ1v) is 12.2. The van der Waals surface area contributed by atoms with Crippen LogP contribution in [0.1, 0.15) is 12.0 Å². The Labute approximate surface area is 189 Å². The van der Waals surface area contributed by atoms with Crippen molar-refractivity contribution in [2.45, 2.75) is 19.4 Å². The van der Waals surface area contributed by atoms with Gasteiger partial charge in [-0.25, -0.2) is 18.7 Å². The highest BCUT2D eigenvalue weighted by molar-refractivity contribution is 7.86. The van der Waals surface area contributed by atoms with Crippen LogP contribution in [0.3, 0.4) is 0 Å². The number of fused-ring (bicyclic) bond motifs is 1. The molecule has 0 amide bonds. The number of nitrogens with one attached hydrogen (secondary N) is 1. The Hall–Kier alpha value is -2.62. The molecule has 2 aromatic carbocycles. The lowest BCUT2D eigenvalue weighted by atomic mass is 10.1. The first-order valence-electron chi connectivity index (χ1n) is 10.4. The van der Waals surface area contributed by atoms with E-state index in [4.69, 9.17) is 18.6 Å². The summed E-state index contributed by atoms with van der Waals surface area (Å²) in [5.41, 5.74) is 3.32. The van der Waals surface area contributed by atoms with E-state index in [2.05, 4.69) is 21.5 Å². The molecule has 1 fully saturated rings. The number of ether oxygens (including phenoxy) is 3. The van der Waals surface area contributed by atoms with Gasteiger partial charge in [0.2, 0.25) is 0 Å². The van der Waals surface area contributed by atoms with E-state index in [0.717, 1.165) is 34.3 Å². The number of hydrogen-bond donors (Lipinski definition) is 1. The summed E-state index contributed by atoms with van der Waals surface area (Å²) in [7, 11) is 1.56. The van der Waals surface area contributed by atoms with Gasteiger partial charge in [-0.2, -0.15) is 0 Å². The van der Waals surface area contributed by atoms with Crippen LogP contribution in [0.2, 0.25) is 0 Å². The van der Waals surface area contributed by atoms with Crippen molar-refractivity contribution in [3.05, 3.63) is 48.0 Å². The molecule has 1 aliphatic heterocycles. The summed E-state index contributed by atoms with van der Waals surface area (Å²) >= 11 is 0. The molecule has 32 heavy (non-hydrogen) atoms. The SMILES string of the molecule is COCCS(C)=Nc1cc(C)c2c(Nc3ccc(F)cc3O[C@H]3CCOC3)ncnc2c1. The van der Waals surface area contributed by atoms with Crippen molar-refractivity contribution in [1.29, 1.82) is 0 Å². The molecule has 7 nitrogen and oxygen atoms in total. The molecule has 0 saturated carbocycles. The lowest BCUT2D eigenvalue weighted by Gasteiger charge is -2.17. The number of halogens is 1. The van der Waals surface area contributed by atoms with Gasteiger partial charge in [-0.3, -0.25) is 0 Å². The molecule has 4 rings (SSSR count). The zero-order valence-corrected chi connectivity index (χ0v) is 19.2. The number of aryl methyl sites for hydroxylation is 1. The van der Waals surface area contributed by atoms with E-state index in [1.807, 2.05) is 19.1 Å². The van der Waals surface area contributed by atoms with Gasteiger partial charge in [0.1, 0.15) is 29.8 Å². The van der Waals surface area contributed by atoms with Crippen molar-refractivity contribution in [3.63, 3.8) is 0 Å². The summed E-state index contributed by atoms with van der Waals surface area (Å²) < 4.78 is 35.2. The first-order chi connectivity index (χ1) is 15.5. The van der Waals surface area contributed by atoms with Crippen molar-refractivity contribution in [1.82, 2.24) is 9.97 Å². The van der Waals surface area contributed by atoms with Crippen LogP contribution >= 0.6 is 0 Å². The molecule has 1 aliphatic rings. The zero-order valence-electron chi connectivity index (χ0n) is 18.4. The van der Waals surface area contributed by atoms with E-state index in [-0.39, 0.29) is 22.6 Å². The van der Waals surface area contributed by atoms with Crippen molar-refractivity contribution in [2.24, 2.45) is 4.36 Å². The quantitative estimate of drug-likeness (QED) is 0.527. The van der Waals surface area contributed by atoms with E-state index >= 15 is 0 Å². The monoisotopic (exact) mass is 458 g/mol. The van der Waals surface area contributed by atoms with Crippen LogP contribution in [0.15, 0.2) is 41.0 Å². The Balaban J connectivity index is 1.65. The maximum absolute atomic E-state index is 13.9. The Morgan fingerprint density at radius 1 is 1.28 bits per heavy atom. The number of rotatable bonds is 8. The second-order valence-corrected chi connectivity index (χ2v) is 9.43. The Morgan fingerprint density at radius 3 is 2.94 bits per heavy atom. The maximum Gasteiger partial charge on any atom is 0.146 e. The number of hydrogen-bond acceptors (Lipinski definition) is 7. The van der Waals surface area contributed by atoms with Gasteiger partial charge in [0.05, 0.1) is 36.7 Å². The Morgan fingerprint density at radius 2 is 2.16 bits per heavy atom. The molecule has 9 heteroatoms. The number of methoxy groups -OCH3 is 1. The average molecular weight is 459 g/mol. The third kappa shape index (κ3) is 5.40. The average Bonchev–Trinajstić information content (AvgIpc) is 3.27.